The van der Waals surface area contributed by atoms with Crippen LogP contribution in [0, 0.1) is 11.6 Å². The molecule has 0 unspecified atom stereocenters. The number of hydrogen-bond acceptors (Lipinski definition) is 4. The molecule has 0 aliphatic carbocycles. The third-order valence-electron chi connectivity index (χ3n) is 3.74. The first-order valence-corrected chi connectivity index (χ1v) is 7.77. The highest BCUT2D eigenvalue weighted by Crippen LogP contribution is 2.20. The fourth-order valence-corrected chi connectivity index (χ4v) is 2.44. The van der Waals surface area contributed by atoms with Crippen molar-refractivity contribution in [1.82, 2.24) is 10.2 Å². The number of carbonyl (C=O) groups excluding carboxylic acids is 2. The molecule has 1 aromatic rings. The van der Waals surface area contributed by atoms with Crippen molar-refractivity contribution in [3.63, 3.8) is 0 Å². The Labute approximate surface area is 139 Å². The lowest BCUT2D eigenvalue weighted by Gasteiger charge is -2.26. The summed E-state index contributed by atoms with van der Waals surface area (Å²) in [5.74, 6) is -2.52. The minimum atomic E-state index is -0.883. The minimum Gasteiger partial charge on any atom is -0.379 e. The molecule has 1 aromatic carbocycles. The van der Waals surface area contributed by atoms with Gasteiger partial charge in [0.05, 0.1) is 18.9 Å². The maximum absolute atomic E-state index is 13.8. The lowest BCUT2D eigenvalue weighted by atomic mass is 10.2. The number of nitrogens with one attached hydrogen (secondary N) is 1. The van der Waals surface area contributed by atoms with Crippen LogP contribution < -0.4 is 10.2 Å². The Hall–Kier alpha value is -2.06. The van der Waals surface area contributed by atoms with Crippen molar-refractivity contribution in [2.45, 2.75) is 6.92 Å². The lowest BCUT2D eigenvalue weighted by molar-refractivity contribution is -0.123. The maximum Gasteiger partial charge on any atom is 0.240 e. The van der Waals surface area contributed by atoms with Gasteiger partial charge in [0.15, 0.2) is 0 Å². The summed E-state index contributed by atoms with van der Waals surface area (Å²) in [6, 6.07) is 2.87. The standard InChI is InChI=1S/C16H21F2N3O3/c1-12(22)21(15-3-2-13(17)10-14(15)18)11-16(23)19-4-5-20-6-8-24-9-7-20/h2-3,10H,4-9,11H2,1H3,(H,19,23). The van der Waals surface area contributed by atoms with Crippen LogP contribution in [0.25, 0.3) is 0 Å². The van der Waals surface area contributed by atoms with Crippen molar-refractivity contribution >= 4 is 17.5 Å². The number of hydrogen-bond donors (Lipinski definition) is 1. The molecule has 2 amide bonds. The molecule has 1 aliphatic rings. The van der Waals surface area contributed by atoms with Gasteiger partial charge in [-0.1, -0.05) is 0 Å². The molecular weight excluding hydrogens is 320 g/mol. The van der Waals surface area contributed by atoms with E-state index in [4.69, 9.17) is 4.74 Å². The molecule has 2 rings (SSSR count). The van der Waals surface area contributed by atoms with Gasteiger partial charge in [0.2, 0.25) is 11.8 Å². The Kier molecular flexibility index (Phi) is 6.62. The highest BCUT2D eigenvalue weighted by atomic mass is 19.1. The monoisotopic (exact) mass is 341 g/mol. The van der Waals surface area contributed by atoms with Crippen LogP contribution in [-0.2, 0) is 14.3 Å². The van der Waals surface area contributed by atoms with E-state index in [1.165, 1.54) is 6.92 Å². The average Bonchev–Trinajstić information content (AvgIpc) is 2.54. The molecule has 132 valence electrons. The molecule has 0 radical (unpaired) electrons. The lowest BCUT2D eigenvalue weighted by Crippen LogP contribution is -2.44. The Morgan fingerprint density at radius 3 is 2.62 bits per heavy atom. The number of ether oxygens (including phenoxy) is 1. The summed E-state index contributed by atoms with van der Waals surface area (Å²) in [6.45, 7) is 5.00. The molecule has 1 saturated heterocycles. The van der Waals surface area contributed by atoms with Gasteiger partial charge in [0, 0.05) is 39.2 Å². The average molecular weight is 341 g/mol. The van der Waals surface area contributed by atoms with Gasteiger partial charge in [-0.05, 0) is 12.1 Å². The first kappa shape index (κ1) is 18.3. The minimum absolute atomic E-state index is 0.118. The number of anilines is 1. The summed E-state index contributed by atoms with van der Waals surface area (Å²) >= 11 is 0. The van der Waals surface area contributed by atoms with Gasteiger partial charge in [0.25, 0.3) is 0 Å². The Morgan fingerprint density at radius 1 is 1.29 bits per heavy atom. The third-order valence-corrected chi connectivity index (χ3v) is 3.74. The molecule has 1 fully saturated rings. The quantitative estimate of drug-likeness (QED) is 0.830. The van der Waals surface area contributed by atoms with Crippen molar-refractivity contribution in [3.8, 4) is 0 Å². The molecule has 24 heavy (non-hydrogen) atoms. The van der Waals surface area contributed by atoms with E-state index in [0.29, 0.717) is 32.4 Å². The second-order valence-electron chi connectivity index (χ2n) is 5.50. The van der Waals surface area contributed by atoms with Crippen LogP contribution in [0.1, 0.15) is 6.92 Å². The van der Waals surface area contributed by atoms with E-state index in [0.717, 1.165) is 30.1 Å². The molecule has 8 heteroatoms. The molecule has 0 spiro atoms. The molecule has 1 aliphatic heterocycles. The zero-order valence-corrected chi connectivity index (χ0v) is 13.6. The van der Waals surface area contributed by atoms with Crippen molar-refractivity contribution in [3.05, 3.63) is 29.8 Å². The van der Waals surface area contributed by atoms with Crippen LogP contribution in [0.3, 0.4) is 0 Å². The molecule has 6 nitrogen and oxygen atoms in total. The fourth-order valence-electron chi connectivity index (χ4n) is 2.44. The second-order valence-corrected chi connectivity index (χ2v) is 5.50. The summed E-state index contributed by atoms with van der Waals surface area (Å²) < 4.78 is 32.0. The molecule has 0 saturated carbocycles. The summed E-state index contributed by atoms with van der Waals surface area (Å²) in [4.78, 5) is 26.9. The largest absolute Gasteiger partial charge is 0.379 e. The topological polar surface area (TPSA) is 61.9 Å². The zero-order chi connectivity index (χ0) is 17.5. The van der Waals surface area contributed by atoms with Crippen molar-refractivity contribution in [1.29, 1.82) is 0 Å². The van der Waals surface area contributed by atoms with Crippen molar-refractivity contribution < 1.29 is 23.1 Å². The number of amides is 2. The summed E-state index contributed by atoms with van der Waals surface area (Å²) in [7, 11) is 0. The van der Waals surface area contributed by atoms with Gasteiger partial charge < -0.3 is 15.0 Å². The second kappa shape index (κ2) is 8.70. The predicted octanol–water partition coefficient (Wildman–Crippen LogP) is 0.766. The van der Waals surface area contributed by atoms with Gasteiger partial charge in [-0.3, -0.25) is 14.5 Å². The summed E-state index contributed by atoms with van der Waals surface area (Å²) in [5, 5.41) is 2.70. The van der Waals surface area contributed by atoms with Crippen LogP contribution in [-0.4, -0.2) is 62.7 Å². The van der Waals surface area contributed by atoms with Gasteiger partial charge in [0.1, 0.15) is 18.2 Å². The number of nitrogens with zero attached hydrogens (tertiary/aromatic N) is 2. The SMILES string of the molecule is CC(=O)N(CC(=O)NCCN1CCOCC1)c1ccc(F)cc1F. The highest BCUT2D eigenvalue weighted by molar-refractivity contribution is 5.97. The van der Waals surface area contributed by atoms with Crippen LogP contribution in [0.4, 0.5) is 14.5 Å². The third kappa shape index (κ3) is 5.24. The van der Waals surface area contributed by atoms with E-state index in [-0.39, 0.29) is 12.2 Å². The van der Waals surface area contributed by atoms with Gasteiger partial charge >= 0.3 is 0 Å². The summed E-state index contributed by atoms with van der Waals surface area (Å²) in [5.41, 5.74) is -0.118. The van der Waals surface area contributed by atoms with Gasteiger partial charge in [-0.15, -0.1) is 0 Å². The Morgan fingerprint density at radius 2 is 2.00 bits per heavy atom. The fraction of sp³-hybridized carbons (Fsp3) is 0.500. The number of benzene rings is 1. The first-order chi connectivity index (χ1) is 11.5. The number of morpholine rings is 1. The molecule has 1 heterocycles. The van der Waals surface area contributed by atoms with E-state index >= 15 is 0 Å². The molecule has 1 N–H and O–H groups in total. The van der Waals surface area contributed by atoms with Crippen LogP contribution in [0.5, 0.6) is 0 Å². The van der Waals surface area contributed by atoms with E-state index in [9.17, 15) is 18.4 Å². The van der Waals surface area contributed by atoms with Crippen LogP contribution in [0.15, 0.2) is 18.2 Å². The number of halogens is 2. The Balaban J connectivity index is 1.87. The van der Waals surface area contributed by atoms with E-state index in [1.54, 1.807) is 0 Å². The highest BCUT2D eigenvalue weighted by Gasteiger charge is 2.19. The number of carbonyl (C=O) groups is 2. The van der Waals surface area contributed by atoms with E-state index < -0.39 is 23.4 Å². The number of rotatable bonds is 6. The molecule has 0 bridgehead atoms. The van der Waals surface area contributed by atoms with Gasteiger partial charge in [-0.25, -0.2) is 8.78 Å². The van der Waals surface area contributed by atoms with Gasteiger partial charge in [-0.2, -0.15) is 0 Å². The van der Waals surface area contributed by atoms with E-state index in [1.807, 2.05) is 0 Å². The van der Waals surface area contributed by atoms with Crippen LogP contribution >= 0.6 is 0 Å². The molecule has 0 atom stereocenters. The normalized spacial score (nSPS) is 15.1. The first-order valence-electron chi connectivity index (χ1n) is 7.77. The zero-order valence-electron chi connectivity index (χ0n) is 13.6. The van der Waals surface area contributed by atoms with Crippen molar-refractivity contribution in [2.24, 2.45) is 0 Å². The Bertz CT molecular complexity index is 592. The molecular formula is C16H21F2N3O3. The summed E-state index contributed by atoms with van der Waals surface area (Å²) in [6.07, 6.45) is 0. The smallest absolute Gasteiger partial charge is 0.240 e. The maximum atomic E-state index is 13.8. The predicted molar refractivity (Wildman–Crippen MR) is 84.7 cm³/mol. The van der Waals surface area contributed by atoms with E-state index in [2.05, 4.69) is 10.2 Å². The van der Waals surface area contributed by atoms with Crippen molar-refractivity contribution in [2.75, 3.05) is 50.8 Å². The van der Waals surface area contributed by atoms with Crippen LogP contribution in [0.2, 0.25) is 0 Å². The molecule has 0 aromatic heterocycles.